The smallest absolute Gasteiger partial charge is 0.207 e. The second-order valence-corrected chi connectivity index (χ2v) is 8.49. The van der Waals surface area contributed by atoms with E-state index >= 15 is 0 Å². The first-order valence-electron chi connectivity index (χ1n) is 7.65. The van der Waals surface area contributed by atoms with Gasteiger partial charge in [0.25, 0.3) is 0 Å². The van der Waals surface area contributed by atoms with Gasteiger partial charge in [0.15, 0.2) is 0 Å². The van der Waals surface area contributed by atoms with Crippen molar-refractivity contribution in [1.29, 1.82) is 0 Å². The van der Waals surface area contributed by atoms with Crippen LogP contribution in [-0.4, -0.2) is 8.42 Å². The molecule has 0 spiro atoms. The molecule has 3 rings (SSSR count). The highest BCUT2D eigenvalue weighted by Gasteiger charge is 2.23. The summed E-state index contributed by atoms with van der Waals surface area (Å²) in [7, 11) is -3.60. The zero-order valence-corrected chi connectivity index (χ0v) is 15.2. The minimum absolute atomic E-state index is 0.279. The average Bonchev–Trinajstić information content (AvgIpc) is 3.08. The van der Waals surface area contributed by atoms with Gasteiger partial charge >= 0.3 is 0 Å². The van der Waals surface area contributed by atoms with Crippen molar-refractivity contribution < 1.29 is 8.42 Å². The van der Waals surface area contributed by atoms with E-state index in [9.17, 15) is 8.42 Å². The van der Waals surface area contributed by atoms with Crippen molar-refractivity contribution in [2.24, 2.45) is 0 Å². The largest absolute Gasteiger partial charge is 0.241 e. The SMILES string of the molecule is Cc1ccc([C@@H](NS(=O)(=O)c2ccc(C)cc2)c2cccs2)cc1. The molecule has 0 radical (unpaired) electrons. The Morgan fingerprint density at radius 2 is 1.46 bits per heavy atom. The van der Waals surface area contributed by atoms with E-state index in [0.29, 0.717) is 0 Å². The van der Waals surface area contributed by atoms with E-state index in [1.54, 1.807) is 35.6 Å². The van der Waals surface area contributed by atoms with Crippen LogP contribution in [0.3, 0.4) is 0 Å². The normalized spacial score (nSPS) is 12.9. The van der Waals surface area contributed by atoms with Crippen LogP contribution in [0.2, 0.25) is 0 Å². The second-order valence-electron chi connectivity index (χ2n) is 5.79. The summed E-state index contributed by atoms with van der Waals surface area (Å²) >= 11 is 1.54. The summed E-state index contributed by atoms with van der Waals surface area (Å²) in [5.41, 5.74) is 3.10. The quantitative estimate of drug-likeness (QED) is 0.734. The molecule has 3 nitrogen and oxygen atoms in total. The number of hydrogen-bond donors (Lipinski definition) is 1. The summed E-state index contributed by atoms with van der Waals surface area (Å²) in [4.78, 5) is 1.25. The van der Waals surface area contributed by atoms with Gasteiger partial charge in [0.05, 0.1) is 10.9 Å². The maximum Gasteiger partial charge on any atom is 0.241 e. The van der Waals surface area contributed by atoms with Crippen molar-refractivity contribution in [2.45, 2.75) is 24.8 Å². The molecule has 0 unspecified atom stereocenters. The molecule has 3 aromatic rings. The second kappa shape index (κ2) is 6.89. The molecule has 2 aromatic carbocycles. The van der Waals surface area contributed by atoms with Crippen LogP contribution >= 0.6 is 11.3 Å². The molecule has 0 amide bonds. The molecule has 24 heavy (non-hydrogen) atoms. The summed E-state index contributed by atoms with van der Waals surface area (Å²) in [6.07, 6.45) is 0. The summed E-state index contributed by atoms with van der Waals surface area (Å²) in [5, 5.41) is 1.96. The maximum atomic E-state index is 12.8. The fourth-order valence-corrected chi connectivity index (χ4v) is 4.53. The van der Waals surface area contributed by atoms with E-state index in [2.05, 4.69) is 4.72 Å². The van der Waals surface area contributed by atoms with Gasteiger partial charge in [-0.3, -0.25) is 0 Å². The van der Waals surface area contributed by atoms with Crippen LogP contribution in [0.25, 0.3) is 0 Å². The van der Waals surface area contributed by atoms with E-state index < -0.39 is 16.1 Å². The van der Waals surface area contributed by atoms with E-state index in [0.717, 1.165) is 21.6 Å². The third-order valence-electron chi connectivity index (χ3n) is 3.84. The standard InChI is InChI=1S/C19H19NO2S2/c1-14-5-9-16(10-6-14)19(18-4-3-13-23-18)20-24(21,22)17-11-7-15(2)8-12-17/h3-13,19-20H,1-2H3/t19-/m1/s1. The molecule has 5 heteroatoms. The number of benzene rings is 2. The van der Waals surface area contributed by atoms with Gasteiger partial charge < -0.3 is 0 Å². The fourth-order valence-electron chi connectivity index (χ4n) is 2.45. The Hall–Kier alpha value is -1.95. The van der Waals surface area contributed by atoms with Gasteiger partial charge in [0.2, 0.25) is 10.0 Å². The first-order valence-corrected chi connectivity index (χ1v) is 10.0. The summed E-state index contributed by atoms with van der Waals surface area (Å²) in [6, 6.07) is 18.3. The predicted molar refractivity (Wildman–Crippen MR) is 98.8 cm³/mol. The Bertz CT molecular complexity index is 897. The summed E-state index contributed by atoms with van der Waals surface area (Å²) in [5.74, 6) is 0. The number of nitrogens with one attached hydrogen (secondary N) is 1. The number of thiophene rings is 1. The van der Waals surface area contributed by atoms with Gasteiger partial charge in [-0.1, -0.05) is 53.6 Å². The molecule has 0 fully saturated rings. The number of rotatable bonds is 5. The van der Waals surface area contributed by atoms with Crippen molar-refractivity contribution >= 4 is 21.4 Å². The molecule has 0 aliphatic rings. The zero-order chi connectivity index (χ0) is 17.2. The van der Waals surface area contributed by atoms with Gasteiger partial charge in [0, 0.05) is 4.88 Å². The molecule has 1 atom stereocenters. The minimum Gasteiger partial charge on any atom is -0.207 e. The molecule has 124 valence electrons. The fraction of sp³-hybridized carbons (Fsp3) is 0.158. The lowest BCUT2D eigenvalue weighted by molar-refractivity contribution is 0.573. The molecular weight excluding hydrogens is 338 g/mol. The Morgan fingerprint density at radius 1 is 0.875 bits per heavy atom. The van der Waals surface area contributed by atoms with Gasteiger partial charge in [-0.25, -0.2) is 8.42 Å². The third kappa shape index (κ3) is 3.75. The monoisotopic (exact) mass is 357 g/mol. The van der Waals surface area contributed by atoms with Crippen LogP contribution in [0.15, 0.2) is 70.9 Å². The van der Waals surface area contributed by atoms with Crippen molar-refractivity contribution in [3.8, 4) is 0 Å². The van der Waals surface area contributed by atoms with Crippen molar-refractivity contribution in [3.63, 3.8) is 0 Å². The molecule has 0 saturated heterocycles. The van der Waals surface area contributed by atoms with Crippen LogP contribution in [-0.2, 0) is 10.0 Å². The Kier molecular flexibility index (Phi) is 4.85. The Morgan fingerprint density at radius 3 is 2.00 bits per heavy atom. The van der Waals surface area contributed by atoms with Gasteiger partial charge in [-0.2, -0.15) is 4.72 Å². The lowest BCUT2D eigenvalue weighted by Crippen LogP contribution is -2.29. The Labute approximate surface area is 147 Å². The van der Waals surface area contributed by atoms with Crippen molar-refractivity contribution in [2.75, 3.05) is 0 Å². The molecule has 0 bridgehead atoms. The zero-order valence-electron chi connectivity index (χ0n) is 13.6. The van der Waals surface area contributed by atoms with E-state index in [1.165, 1.54) is 0 Å². The van der Waals surface area contributed by atoms with Gasteiger partial charge in [-0.15, -0.1) is 11.3 Å². The highest BCUT2D eigenvalue weighted by atomic mass is 32.2. The molecule has 0 aliphatic heterocycles. The van der Waals surface area contributed by atoms with Crippen LogP contribution in [0.1, 0.15) is 27.6 Å². The lowest BCUT2D eigenvalue weighted by atomic mass is 10.0. The highest BCUT2D eigenvalue weighted by molar-refractivity contribution is 7.89. The number of sulfonamides is 1. The van der Waals surface area contributed by atoms with Crippen LogP contribution in [0.4, 0.5) is 0 Å². The summed E-state index contributed by atoms with van der Waals surface area (Å²) < 4.78 is 28.4. The first-order chi connectivity index (χ1) is 11.5. The molecular formula is C19H19NO2S2. The number of aryl methyl sites for hydroxylation is 2. The molecule has 0 aliphatic carbocycles. The van der Waals surface area contributed by atoms with Crippen molar-refractivity contribution in [1.82, 2.24) is 4.72 Å². The van der Waals surface area contributed by atoms with Crippen LogP contribution in [0.5, 0.6) is 0 Å². The predicted octanol–water partition coefficient (Wildman–Crippen LogP) is 4.43. The van der Waals surface area contributed by atoms with E-state index in [-0.39, 0.29) is 4.90 Å². The van der Waals surface area contributed by atoms with E-state index in [1.807, 2.05) is 55.6 Å². The van der Waals surface area contributed by atoms with Crippen molar-refractivity contribution in [3.05, 3.63) is 87.6 Å². The summed E-state index contributed by atoms with van der Waals surface area (Å²) in [6.45, 7) is 3.95. The average molecular weight is 358 g/mol. The lowest BCUT2D eigenvalue weighted by Gasteiger charge is -2.18. The third-order valence-corrected chi connectivity index (χ3v) is 6.22. The molecule has 1 aromatic heterocycles. The maximum absolute atomic E-state index is 12.8. The van der Waals surface area contributed by atoms with E-state index in [4.69, 9.17) is 0 Å². The van der Waals surface area contributed by atoms with Gasteiger partial charge in [-0.05, 0) is 43.0 Å². The van der Waals surface area contributed by atoms with Crippen LogP contribution in [0, 0.1) is 13.8 Å². The minimum atomic E-state index is -3.60. The molecule has 1 N–H and O–H groups in total. The molecule has 1 heterocycles. The first kappa shape index (κ1) is 16.9. The molecule has 0 saturated carbocycles. The number of hydrogen-bond acceptors (Lipinski definition) is 3. The Balaban J connectivity index is 1.97. The van der Waals surface area contributed by atoms with Crippen LogP contribution < -0.4 is 4.72 Å². The highest BCUT2D eigenvalue weighted by Crippen LogP contribution is 2.28. The topological polar surface area (TPSA) is 46.2 Å². The van der Waals surface area contributed by atoms with Gasteiger partial charge in [0.1, 0.15) is 0 Å².